The smallest absolute Gasteiger partial charge is 0.241 e. The van der Waals surface area contributed by atoms with Gasteiger partial charge in [0.25, 0.3) is 0 Å². The summed E-state index contributed by atoms with van der Waals surface area (Å²) in [6.07, 6.45) is 2.93. The quantitative estimate of drug-likeness (QED) is 0.839. The average Bonchev–Trinajstić information content (AvgIpc) is 2.58. The van der Waals surface area contributed by atoms with Crippen LogP contribution in [0, 0.1) is 11.6 Å². The molecule has 2 unspecified atom stereocenters. The molecular formula is C13H17F2NO3S. The van der Waals surface area contributed by atoms with Gasteiger partial charge < -0.3 is 5.11 Å². The third kappa shape index (κ3) is 3.53. The molecule has 1 aliphatic carbocycles. The van der Waals surface area contributed by atoms with Gasteiger partial charge in [0.05, 0.1) is 11.0 Å². The van der Waals surface area contributed by atoms with Crippen LogP contribution in [0.2, 0.25) is 0 Å². The van der Waals surface area contributed by atoms with Crippen molar-refractivity contribution in [3.8, 4) is 0 Å². The van der Waals surface area contributed by atoms with Crippen LogP contribution in [0.15, 0.2) is 23.1 Å². The fourth-order valence-electron chi connectivity index (χ4n) is 2.34. The highest BCUT2D eigenvalue weighted by Gasteiger charge is 2.27. The van der Waals surface area contributed by atoms with Crippen LogP contribution in [0.5, 0.6) is 0 Å². The molecule has 1 aromatic rings. The molecule has 7 heteroatoms. The van der Waals surface area contributed by atoms with Crippen LogP contribution < -0.4 is 4.72 Å². The van der Waals surface area contributed by atoms with Gasteiger partial charge in [-0.3, -0.25) is 0 Å². The summed E-state index contributed by atoms with van der Waals surface area (Å²) in [4.78, 5) is -0.340. The maximum Gasteiger partial charge on any atom is 0.241 e. The van der Waals surface area contributed by atoms with Gasteiger partial charge in [-0.25, -0.2) is 21.9 Å². The third-order valence-electron chi connectivity index (χ3n) is 3.49. The summed E-state index contributed by atoms with van der Waals surface area (Å²) in [5, 5.41) is 9.90. The van der Waals surface area contributed by atoms with Gasteiger partial charge in [-0.2, -0.15) is 0 Å². The van der Waals surface area contributed by atoms with E-state index in [1.165, 1.54) is 0 Å². The normalized spacial score (nSPS) is 24.4. The molecule has 1 aliphatic rings. The van der Waals surface area contributed by atoms with Crippen LogP contribution in [-0.4, -0.2) is 25.7 Å². The molecule has 1 aromatic carbocycles. The third-order valence-corrected chi connectivity index (χ3v) is 4.97. The zero-order valence-corrected chi connectivity index (χ0v) is 11.7. The Kier molecular flexibility index (Phi) is 4.72. The summed E-state index contributed by atoms with van der Waals surface area (Å²) in [6.45, 7) is 0. The largest absolute Gasteiger partial charge is 0.391 e. The van der Waals surface area contributed by atoms with Crippen molar-refractivity contribution in [3.63, 3.8) is 0 Å². The molecule has 2 atom stereocenters. The second kappa shape index (κ2) is 6.15. The SMILES string of the molecule is O=S(=O)(NC1CCCCCC1O)c1ccc(F)c(F)c1. The monoisotopic (exact) mass is 305 g/mol. The van der Waals surface area contributed by atoms with Crippen LogP contribution in [0.25, 0.3) is 0 Å². The Balaban J connectivity index is 2.19. The van der Waals surface area contributed by atoms with Gasteiger partial charge >= 0.3 is 0 Å². The van der Waals surface area contributed by atoms with E-state index in [1.54, 1.807) is 0 Å². The van der Waals surface area contributed by atoms with E-state index in [9.17, 15) is 22.3 Å². The van der Waals surface area contributed by atoms with Gasteiger partial charge in [0, 0.05) is 6.04 Å². The lowest BCUT2D eigenvalue weighted by Gasteiger charge is -2.21. The number of halogens is 2. The van der Waals surface area contributed by atoms with Gasteiger partial charge in [-0.05, 0) is 31.0 Å². The number of rotatable bonds is 3. The topological polar surface area (TPSA) is 66.4 Å². The van der Waals surface area contributed by atoms with Crippen molar-refractivity contribution in [3.05, 3.63) is 29.8 Å². The van der Waals surface area contributed by atoms with Gasteiger partial charge in [0.15, 0.2) is 11.6 Å². The molecule has 0 aliphatic heterocycles. The van der Waals surface area contributed by atoms with Gasteiger partial charge in [0.2, 0.25) is 10.0 Å². The molecular weight excluding hydrogens is 288 g/mol. The predicted molar refractivity (Wildman–Crippen MR) is 69.6 cm³/mol. The maximum atomic E-state index is 13.1. The lowest BCUT2D eigenvalue weighted by molar-refractivity contribution is 0.130. The Morgan fingerprint density at radius 1 is 1.10 bits per heavy atom. The number of sulfonamides is 1. The first-order valence-electron chi connectivity index (χ1n) is 6.55. The molecule has 0 aromatic heterocycles. The predicted octanol–water partition coefficient (Wildman–Crippen LogP) is 1.94. The first-order valence-corrected chi connectivity index (χ1v) is 8.04. The zero-order chi connectivity index (χ0) is 14.8. The van der Waals surface area contributed by atoms with Crippen LogP contribution in [0.3, 0.4) is 0 Å². The van der Waals surface area contributed by atoms with Crippen molar-refractivity contribution in [1.82, 2.24) is 4.72 Å². The van der Waals surface area contributed by atoms with E-state index < -0.39 is 33.8 Å². The highest BCUT2D eigenvalue weighted by molar-refractivity contribution is 7.89. The van der Waals surface area contributed by atoms with Crippen molar-refractivity contribution >= 4 is 10.0 Å². The molecule has 0 saturated heterocycles. The summed E-state index contributed by atoms with van der Waals surface area (Å²) >= 11 is 0. The molecule has 0 heterocycles. The lowest BCUT2D eigenvalue weighted by Crippen LogP contribution is -2.42. The van der Waals surface area contributed by atoms with Crippen LogP contribution in [0.4, 0.5) is 8.78 Å². The van der Waals surface area contributed by atoms with E-state index in [4.69, 9.17) is 0 Å². The summed E-state index contributed by atoms with van der Waals surface area (Å²) in [5.74, 6) is -2.31. The number of nitrogens with one attached hydrogen (secondary N) is 1. The standard InChI is InChI=1S/C13H17F2NO3S/c14-10-7-6-9(8-11(10)15)20(18,19)16-12-4-2-1-3-5-13(12)17/h6-8,12-13,16-17H,1-5H2. The molecule has 0 radical (unpaired) electrons. The molecule has 0 spiro atoms. The van der Waals surface area contributed by atoms with Crippen molar-refractivity contribution in [1.29, 1.82) is 0 Å². The van der Waals surface area contributed by atoms with Gasteiger partial charge in [-0.1, -0.05) is 19.3 Å². The van der Waals surface area contributed by atoms with Crippen molar-refractivity contribution in [2.75, 3.05) is 0 Å². The minimum atomic E-state index is -3.96. The highest BCUT2D eigenvalue weighted by atomic mass is 32.2. The fourth-order valence-corrected chi connectivity index (χ4v) is 3.65. The summed E-state index contributed by atoms with van der Waals surface area (Å²) in [6, 6.07) is 1.83. The minimum Gasteiger partial charge on any atom is -0.391 e. The fraction of sp³-hybridized carbons (Fsp3) is 0.538. The second-order valence-corrected chi connectivity index (χ2v) is 6.72. The highest BCUT2D eigenvalue weighted by Crippen LogP contribution is 2.21. The molecule has 1 fully saturated rings. The van der Waals surface area contributed by atoms with Gasteiger partial charge in [-0.15, -0.1) is 0 Å². The van der Waals surface area contributed by atoms with E-state index in [0.717, 1.165) is 31.4 Å². The van der Waals surface area contributed by atoms with Crippen molar-refractivity contribution in [2.45, 2.75) is 49.1 Å². The summed E-state index contributed by atoms with van der Waals surface area (Å²) in [5.41, 5.74) is 0. The zero-order valence-electron chi connectivity index (χ0n) is 10.9. The van der Waals surface area contributed by atoms with Crippen LogP contribution in [0.1, 0.15) is 32.1 Å². The molecule has 112 valence electrons. The van der Waals surface area contributed by atoms with E-state index in [-0.39, 0.29) is 4.90 Å². The summed E-state index contributed by atoms with van der Waals surface area (Å²) < 4.78 is 52.5. The first-order chi connectivity index (χ1) is 9.40. The molecule has 0 amide bonds. The van der Waals surface area contributed by atoms with E-state index in [0.29, 0.717) is 18.9 Å². The summed E-state index contributed by atoms with van der Waals surface area (Å²) in [7, 11) is -3.96. The molecule has 2 rings (SSSR count). The minimum absolute atomic E-state index is 0.340. The van der Waals surface area contributed by atoms with E-state index in [2.05, 4.69) is 4.72 Å². The Hall–Kier alpha value is -1.05. The van der Waals surface area contributed by atoms with Crippen molar-refractivity contribution in [2.24, 2.45) is 0 Å². The molecule has 1 saturated carbocycles. The second-order valence-electron chi connectivity index (χ2n) is 5.01. The molecule has 0 bridgehead atoms. The Morgan fingerprint density at radius 3 is 2.50 bits per heavy atom. The Morgan fingerprint density at radius 2 is 1.80 bits per heavy atom. The van der Waals surface area contributed by atoms with Gasteiger partial charge in [0.1, 0.15) is 0 Å². The number of hydrogen-bond acceptors (Lipinski definition) is 3. The van der Waals surface area contributed by atoms with Crippen LogP contribution in [-0.2, 0) is 10.0 Å². The van der Waals surface area contributed by atoms with E-state index >= 15 is 0 Å². The first kappa shape index (κ1) is 15.3. The average molecular weight is 305 g/mol. The molecule has 20 heavy (non-hydrogen) atoms. The van der Waals surface area contributed by atoms with Crippen LogP contribution >= 0.6 is 0 Å². The molecule has 4 nitrogen and oxygen atoms in total. The lowest BCUT2D eigenvalue weighted by atomic mass is 10.1. The number of hydrogen-bond donors (Lipinski definition) is 2. The number of aliphatic hydroxyl groups excluding tert-OH is 1. The number of benzene rings is 1. The number of aliphatic hydroxyl groups is 1. The van der Waals surface area contributed by atoms with E-state index in [1.807, 2.05) is 0 Å². The van der Waals surface area contributed by atoms with Crippen molar-refractivity contribution < 1.29 is 22.3 Å². The maximum absolute atomic E-state index is 13.1. The molecule has 2 N–H and O–H groups in total. The Bertz CT molecular complexity index is 577. The Labute approximate surface area is 116 Å².